The molecule has 0 atom stereocenters. The fourth-order valence-corrected chi connectivity index (χ4v) is 3.41. The number of fused-ring (bicyclic) bond motifs is 1. The first-order chi connectivity index (χ1) is 11.2. The summed E-state index contributed by atoms with van der Waals surface area (Å²) < 4.78 is 7.49. The average Bonchev–Trinajstić information content (AvgIpc) is 3.28. The van der Waals surface area contributed by atoms with Gasteiger partial charge in [-0.1, -0.05) is 31.0 Å². The van der Waals surface area contributed by atoms with Gasteiger partial charge in [-0.05, 0) is 25.8 Å². The summed E-state index contributed by atoms with van der Waals surface area (Å²) in [5.74, 6) is -0.163. The van der Waals surface area contributed by atoms with Gasteiger partial charge in [0.15, 0.2) is 0 Å². The van der Waals surface area contributed by atoms with E-state index in [1.165, 1.54) is 31.9 Å². The van der Waals surface area contributed by atoms with Gasteiger partial charge in [0, 0.05) is 5.39 Å². The van der Waals surface area contributed by atoms with Crippen LogP contribution < -0.4 is 5.32 Å². The summed E-state index contributed by atoms with van der Waals surface area (Å²) in [6, 6.07) is 8.01. The van der Waals surface area contributed by atoms with E-state index in [0.717, 1.165) is 22.4 Å². The third kappa shape index (κ3) is 2.42. The van der Waals surface area contributed by atoms with Gasteiger partial charge in [-0.25, -0.2) is 0 Å². The van der Waals surface area contributed by atoms with E-state index in [4.69, 9.17) is 4.42 Å². The molecule has 2 heterocycles. The highest BCUT2D eigenvalue weighted by molar-refractivity contribution is 6.12. The van der Waals surface area contributed by atoms with Crippen LogP contribution in [0.5, 0.6) is 0 Å². The Morgan fingerprint density at radius 1 is 1.30 bits per heavy atom. The van der Waals surface area contributed by atoms with Gasteiger partial charge in [0.05, 0.1) is 29.2 Å². The van der Waals surface area contributed by atoms with Crippen LogP contribution in [0.2, 0.25) is 0 Å². The molecule has 0 aliphatic heterocycles. The van der Waals surface area contributed by atoms with Gasteiger partial charge in [0.2, 0.25) is 0 Å². The number of carbonyl (C=O) groups is 1. The van der Waals surface area contributed by atoms with Gasteiger partial charge in [0.25, 0.3) is 5.91 Å². The first kappa shape index (κ1) is 14.1. The number of aromatic nitrogens is 2. The number of hydrogen-bond acceptors (Lipinski definition) is 3. The maximum absolute atomic E-state index is 12.6. The van der Waals surface area contributed by atoms with E-state index in [1.54, 1.807) is 6.20 Å². The Bertz CT molecular complexity index is 856. The summed E-state index contributed by atoms with van der Waals surface area (Å²) in [6.45, 7) is 2.01. The summed E-state index contributed by atoms with van der Waals surface area (Å²) in [7, 11) is 0. The lowest BCUT2D eigenvalue weighted by Gasteiger charge is -2.12. The predicted octanol–water partition coefficient (Wildman–Crippen LogP) is 4.31. The van der Waals surface area contributed by atoms with E-state index in [-0.39, 0.29) is 5.91 Å². The molecule has 1 aliphatic rings. The third-order valence-corrected chi connectivity index (χ3v) is 4.69. The predicted molar refractivity (Wildman–Crippen MR) is 88.6 cm³/mol. The molecule has 1 saturated carbocycles. The quantitative estimate of drug-likeness (QED) is 0.784. The molecule has 0 saturated heterocycles. The smallest absolute Gasteiger partial charge is 0.259 e. The van der Waals surface area contributed by atoms with Crippen LogP contribution >= 0.6 is 0 Å². The maximum Gasteiger partial charge on any atom is 0.259 e. The second kappa shape index (κ2) is 5.57. The van der Waals surface area contributed by atoms with Crippen molar-refractivity contribution in [3.63, 3.8) is 0 Å². The Morgan fingerprint density at radius 2 is 2.09 bits per heavy atom. The molecule has 5 nitrogen and oxygen atoms in total. The van der Waals surface area contributed by atoms with E-state index in [0.29, 0.717) is 11.6 Å². The summed E-state index contributed by atoms with van der Waals surface area (Å²) in [6.07, 6.45) is 8.11. The van der Waals surface area contributed by atoms with E-state index in [1.807, 2.05) is 31.2 Å². The fourth-order valence-electron chi connectivity index (χ4n) is 3.41. The Balaban J connectivity index is 1.59. The van der Waals surface area contributed by atoms with Crippen molar-refractivity contribution in [2.24, 2.45) is 0 Å². The number of anilines is 1. The lowest BCUT2D eigenvalue weighted by molar-refractivity contribution is 0.102. The van der Waals surface area contributed by atoms with E-state index in [2.05, 4.69) is 15.1 Å². The normalized spacial score (nSPS) is 15.3. The topological polar surface area (TPSA) is 60.1 Å². The summed E-state index contributed by atoms with van der Waals surface area (Å²) >= 11 is 0. The highest BCUT2D eigenvalue weighted by Crippen LogP contribution is 2.31. The number of carbonyl (C=O) groups excluding carboxylic acids is 1. The molecule has 3 aromatic rings. The van der Waals surface area contributed by atoms with Gasteiger partial charge in [-0.15, -0.1) is 0 Å². The zero-order valence-corrected chi connectivity index (χ0v) is 13.1. The number of furan rings is 1. The maximum atomic E-state index is 12.6. The van der Waals surface area contributed by atoms with Crippen molar-refractivity contribution < 1.29 is 9.21 Å². The van der Waals surface area contributed by atoms with Gasteiger partial charge in [-0.3, -0.25) is 9.48 Å². The minimum Gasteiger partial charge on any atom is -0.463 e. The van der Waals surface area contributed by atoms with Gasteiger partial charge >= 0.3 is 0 Å². The molecule has 0 bridgehead atoms. The number of amides is 1. The van der Waals surface area contributed by atoms with Crippen LogP contribution in [-0.2, 0) is 0 Å². The van der Waals surface area contributed by atoms with Crippen LogP contribution in [0.15, 0.2) is 41.1 Å². The van der Waals surface area contributed by atoms with Crippen molar-refractivity contribution in [3.8, 4) is 0 Å². The molecule has 1 aromatic carbocycles. The molecule has 1 fully saturated rings. The van der Waals surface area contributed by atoms with Gasteiger partial charge in [0.1, 0.15) is 11.8 Å². The summed E-state index contributed by atoms with van der Waals surface area (Å²) in [5, 5.41) is 8.26. The molecule has 1 N–H and O–H groups in total. The monoisotopic (exact) mass is 309 g/mol. The molecule has 0 radical (unpaired) electrons. The second-order valence-electron chi connectivity index (χ2n) is 6.13. The van der Waals surface area contributed by atoms with Crippen molar-refractivity contribution in [2.45, 2.75) is 38.6 Å². The lowest BCUT2D eigenvalue weighted by Crippen LogP contribution is -2.13. The largest absolute Gasteiger partial charge is 0.463 e. The molecule has 0 spiro atoms. The fraction of sp³-hybridized carbons (Fsp3) is 0.333. The van der Waals surface area contributed by atoms with Crippen LogP contribution in [-0.4, -0.2) is 15.7 Å². The number of nitrogens with one attached hydrogen (secondary N) is 1. The molecule has 2 aromatic heterocycles. The zero-order valence-electron chi connectivity index (χ0n) is 13.1. The SMILES string of the molecule is Cc1c(NC(=O)c2coc3ccccc23)cnn1C1CCCC1. The highest BCUT2D eigenvalue weighted by atomic mass is 16.3. The van der Waals surface area contributed by atoms with Crippen molar-refractivity contribution in [2.75, 3.05) is 5.32 Å². The molecule has 4 rings (SSSR count). The molecular weight excluding hydrogens is 290 g/mol. The van der Waals surface area contributed by atoms with E-state index >= 15 is 0 Å². The molecule has 118 valence electrons. The molecule has 5 heteroatoms. The van der Waals surface area contributed by atoms with Crippen LogP contribution in [0.25, 0.3) is 11.0 Å². The Morgan fingerprint density at radius 3 is 2.91 bits per heavy atom. The Kier molecular flexibility index (Phi) is 3.41. The average molecular weight is 309 g/mol. The first-order valence-electron chi connectivity index (χ1n) is 8.06. The van der Waals surface area contributed by atoms with Gasteiger partial charge < -0.3 is 9.73 Å². The number of para-hydroxylation sites is 1. The number of benzene rings is 1. The van der Waals surface area contributed by atoms with E-state index in [9.17, 15) is 4.79 Å². The van der Waals surface area contributed by atoms with Crippen molar-refractivity contribution in [1.82, 2.24) is 9.78 Å². The third-order valence-electron chi connectivity index (χ3n) is 4.69. The number of nitrogens with zero attached hydrogens (tertiary/aromatic N) is 2. The molecule has 0 unspecified atom stereocenters. The highest BCUT2D eigenvalue weighted by Gasteiger charge is 2.21. The minimum atomic E-state index is -0.163. The zero-order chi connectivity index (χ0) is 15.8. The molecule has 1 amide bonds. The lowest BCUT2D eigenvalue weighted by atomic mass is 10.1. The first-order valence-corrected chi connectivity index (χ1v) is 8.06. The van der Waals surface area contributed by atoms with Crippen LogP contribution in [0.1, 0.15) is 47.8 Å². The van der Waals surface area contributed by atoms with Crippen LogP contribution in [0.4, 0.5) is 5.69 Å². The van der Waals surface area contributed by atoms with E-state index < -0.39 is 0 Å². The second-order valence-corrected chi connectivity index (χ2v) is 6.13. The summed E-state index contributed by atoms with van der Waals surface area (Å²) in [5.41, 5.74) is 3.05. The molecule has 1 aliphatic carbocycles. The summed E-state index contributed by atoms with van der Waals surface area (Å²) in [4.78, 5) is 12.6. The standard InChI is InChI=1S/C18H19N3O2/c1-12-16(10-19-21(12)13-6-2-3-7-13)20-18(22)15-11-23-17-9-5-4-8-14(15)17/h4-5,8-11,13H,2-3,6-7H2,1H3,(H,20,22). The number of hydrogen-bond donors (Lipinski definition) is 1. The Labute approximate surface area is 134 Å². The van der Waals surface area contributed by atoms with Crippen molar-refractivity contribution >= 4 is 22.6 Å². The number of rotatable bonds is 3. The van der Waals surface area contributed by atoms with Crippen LogP contribution in [0.3, 0.4) is 0 Å². The van der Waals surface area contributed by atoms with Crippen molar-refractivity contribution in [3.05, 3.63) is 48.0 Å². The minimum absolute atomic E-state index is 0.163. The van der Waals surface area contributed by atoms with Gasteiger partial charge in [-0.2, -0.15) is 5.10 Å². The molecule has 23 heavy (non-hydrogen) atoms. The van der Waals surface area contributed by atoms with Crippen molar-refractivity contribution in [1.29, 1.82) is 0 Å². The van der Waals surface area contributed by atoms with Crippen LogP contribution in [0, 0.1) is 6.92 Å². The Hall–Kier alpha value is -2.56. The molecular formula is C18H19N3O2.